The molecule has 0 saturated heterocycles. The number of aromatic nitrogens is 2. The fraction of sp³-hybridized carbons (Fsp3) is 0.308. The molecule has 0 saturated carbocycles. The lowest BCUT2D eigenvalue weighted by atomic mass is 10.2. The van der Waals surface area contributed by atoms with E-state index in [-0.39, 0.29) is 0 Å². The van der Waals surface area contributed by atoms with Crippen LogP contribution < -0.4 is 5.73 Å². The Kier molecular flexibility index (Phi) is 3.06. The smallest absolute Gasteiger partial charge is 0.0495 e. The van der Waals surface area contributed by atoms with Gasteiger partial charge in [-0.05, 0) is 44.2 Å². The molecule has 0 spiro atoms. The van der Waals surface area contributed by atoms with Crippen molar-refractivity contribution in [3.05, 3.63) is 41.9 Å². The van der Waals surface area contributed by atoms with E-state index < -0.39 is 0 Å². The average molecular weight is 215 g/mol. The van der Waals surface area contributed by atoms with Crippen LogP contribution in [-0.4, -0.2) is 16.1 Å². The predicted octanol–water partition coefficient (Wildman–Crippen LogP) is 1.90. The van der Waals surface area contributed by atoms with Crippen molar-refractivity contribution >= 4 is 0 Å². The second-order valence-electron chi connectivity index (χ2n) is 4.00. The highest BCUT2D eigenvalue weighted by atomic mass is 15.0. The van der Waals surface area contributed by atoms with Gasteiger partial charge in [-0.1, -0.05) is 0 Å². The molecule has 0 radical (unpaired) electrons. The lowest BCUT2D eigenvalue weighted by molar-refractivity contribution is 0.812. The minimum atomic E-state index is 0.684. The maximum absolute atomic E-state index is 5.57. The Balaban J connectivity index is 2.37. The maximum atomic E-state index is 5.57. The molecule has 0 fully saturated rings. The summed E-state index contributed by atoms with van der Waals surface area (Å²) in [5.41, 5.74) is 10.2. The minimum absolute atomic E-state index is 0.684. The molecule has 0 aromatic carbocycles. The predicted molar refractivity (Wildman–Crippen MR) is 66.1 cm³/mol. The van der Waals surface area contributed by atoms with Crippen LogP contribution in [-0.2, 0) is 13.5 Å². The third-order valence-corrected chi connectivity index (χ3v) is 2.83. The largest absolute Gasteiger partial charge is 0.348 e. The van der Waals surface area contributed by atoms with Crippen molar-refractivity contribution in [2.24, 2.45) is 12.8 Å². The normalized spacial score (nSPS) is 10.7. The van der Waals surface area contributed by atoms with E-state index in [0.717, 1.165) is 17.7 Å². The van der Waals surface area contributed by atoms with E-state index in [9.17, 15) is 0 Å². The van der Waals surface area contributed by atoms with Crippen LogP contribution in [0.1, 0.15) is 11.4 Å². The summed E-state index contributed by atoms with van der Waals surface area (Å²) in [6.07, 6.45) is 2.83. The van der Waals surface area contributed by atoms with Crippen molar-refractivity contribution in [2.45, 2.75) is 13.3 Å². The highest BCUT2D eigenvalue weighted by molar-refractivity contribution is 5.59. The van der Waals surface area contributed by atoms with Crippen LogP contribution in [0.25, 0.3) is 11.3 Å². The highest BCUT2D eigenvalue weighted by Crippen LogP contribution is 2.21. The first-order valence-electron chi connectivity index (χ1n) is 5.50. The molecule has 2 heterocycles. The molecular formula is C13H17N3. The van der Waals surface area contributed by atoms with Gasteiger partial charge >= 0.3 is 0 Å². The van der Waals surface area contributed by atoms with Gasteiger partial charge in [0.05, 0.1) is 0 Å². The van der Waals surface area contributed by atoms with Crippen LogP contribution in [0.2, 0.25) is 0 Å². The first-order chi connectivity index (χ1) is 7.72. The van der Waals surface area contributed by atoms with Crippen molar-refractivity contribution in [2.75, 3.05) is 6.54 Å². The Morgan fingerprint density at radius 2 is 2.06 bits per heavy atom. The Labute approximate surface area is 95.9 Å². The van der Waals surface area contributed by atoms with E-state index in [1.54, 1.807) is 0 Å². The molecule has 0 bridgehead atoms. The van der Waals surface area contributed by atoms with Crippen LogP contribution in [0.15, 0.2) is 30.5 Å². The number of nitrogens with two attached hydrogens (primary N) is 1. The number of aryl methyl sites for hydroxylation is 1. The molecule has 0 amide bonds. The SMILES string of the molecule is Cc1ccc(-c2ccc(CCN)n2C)cn1. The van der Waals surface area contributed by atoms with E-state index >= 15 is 0 Å². The summed E-state index contributed by atoms with van der Waals surface area (Å²) in [5.74, 6) is 0. The Morgan fingerprint density at radius 3 is 2.69 bits per heavy atom. The molecule has 2 N–H and O–H groups in total. The van der Waals surface area contributed by atoms with E-state index in [1.807, 2.05) is 19.2 Å². The van der Waals surface area contributed by atoms with Gasteiger partial charge in [0.2, 0.25) is 0 Å². The van der Waals surface area contributed by atoms with Crippen molar-refractivity contribution in [3.63, 3.8) is 0 Å². The van der Waals surface area contributed by atoms with Gasteiger partial charge in [0.15, 0.2) is 0 Å². The molecule has 0 aliphatic rings. The van der Waals surface area contributed by atoms with Crippen LogP contribution >= 0.6 is 0 Å². The van der Waals surface area contributed by atoms with Crippen LogP contribution in [0.5, 0.6) is 0 Å². The third kappa shape index (κ3) is 1.99. The molecule has 3 nitrogen and oxygen atoms in total. The topological polar surface area (TPSA) is 43.8 Å². The van der Waals surface area contributed by atoms with E-state index in [2.05, 4.69) is 34.8 Å². The summed E-state index contributed by atoms with van der Waals surface area (Å²) >= 11 is 0. The average Bonchev–Trinajstić information content (AvgIpc) is 2.63. The van der Waals surface area contributed by atoms with Crippen LogP contribution in [0.3, 0.4) is 0 Å². The Hall–Kier alpha value is -1.61. The van der Waals surface area contributed by atoms with Gasteiger partial charge in [0, 0.05) is 35.9 Å². The number of pyridine rings is 1. The molecule has 2 aromatic heterocycles. The second kappa shape index (κ2) is 4.49. The highest BCUT2D eigenvalue weighted by Gasteiger charge is 2.06. The monoisotopic (exact) mass is 215 g/mol. The molecule has 2 aromatic rings. The zero-order chi connectivity index (χ0) is 11.5. The van der Waals surface area contributed by atoms with Gasteiger partial charge in [0.25, 0.3) is 0 Å². The Bertz CT molecular complexity index is 468. The zero-order valence-electron chi connectivity index (χ0n) is 9.77. The van der Waals surface area contributed by atoms with Crippen molar-refractivity contribution in [3.8, 4) is 11.3 Å². The molecule has 0 aliphatic carbocycles. The molecule has 0 atom stereocenters. The number of hydrogen-bond acceptors (Lipinski definition) is 2. The molecule has 2 rings (SSSR count). The van der Waals surface area contributed by atoms with E-state index in [0.29, 0.717) is 6.54 Å². The molecule has 0 unspecified atom stereocenters. The first-order valence-corrected chi connectivity index (χ1v) is 5.50. The fourth-order valence-corrected chi connectivity index (χ4v) is 1.86. The molecule has 3 heteroatoms. The number of hydrogen-bond donors (Lipinski definition) is 1. The Morgan fingerprint density at radius 1 is 1.25 bits per heavy atom. The number of rotatable bonds is 3. The molecule has 0 aliphatic heterocycles. The van der Waals surface area contributed by atoms with Gasteiger partial charge in [-0.3, -0.25) is 4.98 Å². The third-order valence-electron chi connectivity index (χ3n) is 2.83. The van der Waals surface area contributed by atoms with Gasteiger partial charge in [-0.15, -0.1) is 0 Å². The van der Waals surface area contributed by atoms with Crippen molar-refractivity contribution in [1.29, 1.82) is 0 Å². The summed E-state index contributed by atoms with van der Waals surface area (Å²) in [6, 6.07) is 8.38. The van der Waals surface area contributed by atoms with E-state index in [4.69, 9.17) is 5.73 Å². The summed E-state index contributed by atoms with van der Waals surface area (Å²) < 4.78 is 2.18. The lowest BCUT2D eigenvalue weighted by Crippen LogP contribution is -2.07. The quantitative estimate of drug-likeness (QED) is 0.849. The summed E-state index contributed by atoms with van der Waals surface area (Å²) in [7, 11) is 2.07. The van der Waals surface area contributed by atoms with Gasteiger partial charge < -0.3 is 10.3 Å². The maximum Gasteiger partial charge on any atom is 0.0495 e. The minimum Gasteiger partial charge on any atom is -0.348 e. The van der Waals surface area contributed by atoms with Crippen molar-refractivity contribution in [1.82, 2.24) is 9.55 Å². The zero-order valence-corrected chi connectivity index (χ0v) is 9.77. The van der Waals surface area contributed by atoms with Crippen LogP contribution in [0.4, 0.5) is 0 Å². The summed E-state index contributed by atoms with van der Waals surface area (Å²) in [6.45, 7) is 2.68. The number of nitrogens with zero attached hydrogens (tertiary/aromatic N) is 2. The first kappa shape index (κ1) is 10.9. The lowest BCUT2D eigenvalue weighted by Gasteiger charge is -2.07. The summed E-state index contributed by atoms with van der Waals surface area (Å²) in [4.78, 5) is 4.31. The van der Waals surface area contributed by atoms with Gasteiger partial charge in [-0.2, -0.15) is 0 Å². The van der Waals surface area contributed by atoms with Gasteiger partial charge in [0.1, 0.15) is 0 Å². The second-order valence-corrected chi connectivity index (χ2v) is 4.00. The van der Waals surface area contributed by atoms with Gasteiger partial charge in [-0.25, -0.2) is 0 Å². The molecular weight excluding hydrogens is 198 g/mol. The summed E-state index contributed by atoms with van der Waals surface area (Å²) in [5, 5.41) is 0. The fourth-order valence-electron chi connectivity index (χ4n) is 1.86. The molecule has 84 valence electrons. The van der Waals surface area contributed by atoms with Crippen LogP contribution in [0, 0.1) is 6.92 Å². The molecule has 16 heavy (non-hydrogen) atoms. The van der Waals surface area contributed by atoms with Crippen molar-refractivity contribution < 1.29 is 0 Å². The standard InChI is InChI=1S/C13H17N3/c1-10-3-4-11(9-15-10)13-6-5-12(7-8-14)16(13)2/h3-6,9H,7-8,14H2,1-2H3. The van der Waals surface area contributed by atoms with E-state index in [1.165, 1.54) is 11.4 Å².